The first-order chi connectivity index (χ1) is 8.32. The fourth-order valence-electron chi connectivity index (χ4n) is 1.77. The summed E-state index contributed by atoms with van der Waals surface area (Å²) in [6.45, 7) is 5.29. The minimum Gasteiger partial charge on any atom is -0.494 e. The van der Waals surface area contributed by atoms with Crippen LogP contribution in [0.4, 0.5) is 4.39 Å². The van der Waals surface area contributed by atoms with E-state index in [1.54, 1.807) is 19.1 Å². The maximum Gasteiger partial charge on any atom is 0.309 e. The quantitative estimate of drug-likeness (QED) is 0.878. The van der Waals surface area contributed by atoms with Crippen molar-refractivity contribution in [2.24, 2.45) is 11.3 Å². The molecule has 0 fully saturated rings. The average molecular weight is 254 g/mol. The molecule has 1 rings (SSSR count). The molecule has 1 unspecified atom stereocenters. The predicted molar refractivity (Wildman–Crippen MR) is 67.2 cm³/mol. The Balaban J connectivity index is 3.13. The number of hydrogen-bond donors (Lipinski definition) is 1. The van der Waals surface area contributed by atoms with E-state index in [4.69, 9.17) is 4.74 Å². The molecule has 4 heteroatoms. The molecule has 3 nitrogen and oxygen atoms in total. The molecule has 0 amide bonds. The number of methoxy groups -OCH3 is 1. The van der Waals surface area contributed by atoms with Crippen molar-refractivity contribution >= 4 is 5.97 Å². The third-order valence-corrected chi connectivity index (χ3v) is 3.58. The summed E-state index contributed by atoms with van der Waals surface area (Å²) >= 11 is 0. The summed E-state index contributed by atoms with van der Waals surface area (Å²) in [5, 5.41) is 9.33. The summed E-state index contributed by atoms with van der Waals surface area (Å²) in [5.74, 6) is -1.35. The molecule has 0 radical (unpaired) electrons. The fourth-order valence-corrected chi connectivity index (χ4v) is 1.77. The van der Waals surface area contributed by atoms with Crippen molar-refractivity contribution in [2.75, 3.05) is 7.11 Å². The highest BCUT2D eigenvalue weighted by molar-refractivity contribution is 5.75. The van der Waals surface area contributed by atoms with Crippen LogP contribution in [0, 0.1) is 17.2 Å². The molecular weight excluding hydrogens is 235 g/mol. The van der Waals surface area contributed by atoms with E-state index in [2.05, 4.69) is 0 Å². The Kier molecular flexibility index (Phi) is 4.33. The Morgan fingerprint density at radius 1 is 1.50 bits per heavy atom. The lowest BCUT2D eigenvalue weighted by Gasteiger charge is -2.29. The van der Waals surface area contributed by atoms with E-state index in [0.717, 1.165) is 0 Å². The topological polar surface area (TPSA) is 46.5 Å². The minimum absolute atomic E-state index is 0.0967. The van der Waals surface area contributed by atoms with Crippen LogP contribution in [0.3, 0.4) is 0 Å². The number of carbonyl (C=O) groups is 1. The molecule has 0 saturated carbocycles. The Morgan fingerprint density at radius 3 is 2.56 bits per heavy atom. The Hall–Kier alpha value is -1.58. The first-order valence-corrected chi connectivity index (χ1v) is 5.87. The second-order valence-corrected chi connectivity index (χ2v) is 4.99. The van der Waals surface area contributed by atoms with E-state index in [0.29, 0.717) is 5.56 Å². The van der Waals surface area contributed by atoms with Gasteiger partial charge in [-0.25, -0.2) is 4.39 Å². The molecule has 0 spiro atoms. The molecule has 0 saturated heterocycles. The number of rotatable bonds is 5. The minimum atomic E-state index is -0.993. The first-order valence-electron chi connectivity index (χ1n) is 5.87. The zero-order valence-corrected chi connectivity index (χ0v) is 11.2. The van der Waals surface area contributed by atoms with Gasteiger partial charge >= 0.3 is 5.97 Å². The van der Waals surface area contributed by atoms with Gasteiger partial charge in [-0.1, -0.05) is 26.0 Å². The summed E-state index contributed by atoms with van der Waals surface area (Å²) in [7, 11) is 1.39. The summed E-state index contributed by atoms with van der Waals surface area (Å²) < 4.78 is 18.9. The highest BCUT2D eigenvalue weighted by Crippen LogP contribution is 2.34. The van der Waals surface area contributed by atoms with Crippen LogP contribution in [-0.4, -0.2) is 18.2 Å². The van der Waals surface area contributed by atoms with Gasteiger partial charge in [-0.2, -0.15) is 0 Å². The van der Waals surface area contributed by atoms with Crippen LogP contribution in [0.5, 0.6) is 5.75 Å². The van der Waals surface area contributed by atoms with Gasteiger partial charge in [0.2, 0.25) is 0 Å². The standard InChI is InChI=1S/C14H19FO3/c1-9(2)14(3,13(16)17)8-10-6-5-7-11(18-4)12(10)15/h5-7,9H,8H2,1-4H3,(H,16,17). The van der Waals surface area contributed by atoms with Gasteiger partial charge < -0.3 is 9.84 Å². The number of hydrogen-bond acceptors (Lipinski definition) is 2. The van der Waals surface area contributed by atoms with Crippen LogP contribution in [-0.2, 0) is 11.2 Å². The fraction of sp³-hybridized carbons (Fsp3) is 0.500. The van der Waals surface area contributed by atoms with Gasteiger partial charge in [0.15, 0.2) is 11.6 Å². The summed E-state index contributed by atoms with van der Waals surface area (Å²) in [5.41, 5.74) is -0.624. The zero-order chi connectivity index (χ0) is 13.9. The average Bonchev–Trinajstić information content (AvgIpc) is 2.31. The zero-order valence-electron chi connectivity index (χ0n) is 11.2. The third-order valence-electron chi connectivity index (χ3n) is 3.58. The Bertz CT molecular complexity index is 443. The van der Waals surface area contributed by atoms with Crippen LogP contribution in [0.2, 0.25) is 0 Å². The number of halogens is 1. The molecule has 1 aromatic carbocycles. The lowest BCUT2D eigenvalue weighted by atomic mass is 9.74. The lowest BCUT2D eigenvalue weighted by Crippen LogP contribution is -2.35. The second-order valence-electron chi connectivity index (χ2n) is 4.99. The van der Waals surface area contributed by atoms with Crippen molar-refractivity contribution in [3.8, 4) is 5.75 Å². The highest BCUT2D eigenvalue weighted by atomic mass is 19.1. The molecule has 0 bridgehead atoms. The van der Waals surface area contributed by atoms with E-state index in [-0.39, 0.29) is 18.1 Å². The number of carboxylic acid groups (broad SMARTS) is 1. The van der Waals surface area contributed by atoms with Crippen LogP contribution in [0.25, 0.3) is 0 Å². The first kappa shape index (κ1) is 14.5. The van der Waals surface area contributed by atoms with Gasteiger partial charge in [0.25, 0.3) is 0 Å². The van der Waals surface area contributed by atoms with Crippen molar-refractivity contribution in [2.45, 2.75) is 27.2 Å². The van der Waals surface area contributed by atoms with Gasteiger partial charge in [0, 0.05) is 0 Å². The number of ether oxygens (including phenoxy) is 1. The number of carboxylic acids is 1. The van der Waals surface area contributed by atoms with Gasteiger partial charge in [0.05, 0.1) is 12.5 Å². The molecule has 0 aromatic heterocycles. The van der Waals surface area contributed by atoms with Crippen LogP contribution in [0.15, 0.2) is 18.2 Å². The van der Waals surface area contributed by atoms with Crippen molar-refractivity contribution in [1.82, 2.24) is 0 Å². The summed E-state index contributed by atoms with van der Waals surface area (Å²) in [6.07, 6.45) is 0.142. The van der Waals surface area contributed by atoms with Crippen molar-refractivity contribution in [3.05, 3.63) is 29.6 Å². The van der Waals surface area contributed by atoms with E-state index >= 15 is 0 Å². The van der Waals surface area contributed by atoms with E-state index in [1.807, 2.05) is 13.8 Å². The molecule has 18 heavy (non-hydrogen) atoms. The number of aliphatic carboxylic acids is 1. The van der Waals surface area contributed by atoms with Crippen molar-refractivity contribution in [3.63, 3.8) is 0 Å². The Morgan fingerprint density at radius 2 is 2.11 bits per heavy atom. The monoisotopic (exact) mass is 254 g/mol. The molecule has 0 heterocycles. The van der Waals surface area contributed by atoms with Gasteiger partial charge in [-0.15, -0.1) is 0 Å². The van der Waals surface area contributed by atoms with E-state index < -0.39 is 17.2 Å². The molecule has 1 aromatic rings. The molecular formula is C14H19FO3. The smallest absolute Gasteiger partial charge is 0.309 e. The van der Waals surface area contributed by atoms with Gasteiger partial charge in [-0.05, 0) is 30.9 Å². The number of benzene rings is 1. The SMILES string of the molecule is COc1cccc(CC(C)(C(=O)O)C(C)C)c1F. The molecule has 1 N–H and O–H groups in total. The van der Waals surface area contributed by atoms with Crippen LogP contribution >= 0.6 is 0 Å². The normalized spacial score (nSPS) is 14.3. The third kappa shape index (κ3) is 2.63. The van der Waals surface area contributed by atoms with E-state index in [9.17, 15) is 14.3 Å². The second kappa shape index (κ2) is 5.38. The molecule has 0 aliphatic heterocycles. The largest absolute Gasteiger partial charge is 0.494 e. The summed E-state index contributed by atoms with van der Waals surface area (Å²) in [4.78, 5) is 11.4. The van der Waals surface area contributed by atoms with Crippen LogP contribution in [0.1, 0.15) is 26.3 Å². The Labute approximate surface area is 107 Å². The highest BCUT2D eigenvalue weighted by Gasteiger charge is 2.37. The maximum atomic E-state index is 14.0. The van der Waals surface area contributed by atoms with Crippen LogP contribution < -0.4 is 4.74 Å². The lowest BCUT2D eigenvalue weighted by molar-refractivity contribution is -0.150. The molecule has 0 aliphatic rings. The van der Waals surface area contributed by atoms with Gasteiger partial charge in [0.1, 0.15) is 0 Å². The molecule has 100 valence electrons. The molecule has 0 aliphatic carbocycles. The maximum absolute atomic E-state index is 14.0. The molecule has 1 atom stereocenters. The van der Waals surface area contributed by atoms with Crippen molar-refractivity contribution < 1.29 is 19.0 Å². The predicted octanol–water partition coefficient (Wildman–Crippen LogP) is 3.12. The van der Waals surface area contributed by atoms with E-state index in [1.165, 1.54) is 13.2 Å². The van der Waals surface area contributed by atoms with Gasteiger partial charge in [-0.3, -0.25) is 4.79 Å². The van der Waals surface area contributed by atoms with Crippen molar-refractivity contribution in [1.29, 1.82) is 0 Å². The summed E-state index contributed by atoms with van der Waals surface area (Å²) in [6, 6.07) is 4.79.